The molecule has 2 N–H and O–H groups in total. The molecule has 0 spiro atoms. The monoisotopic (exact) mass is 376 g/mol. The number of piperazine rings is 1. The number of benzene rings is 1. The maximum absolute atomic E-state index is 12.5. The number of amides is 3. The second-order valence-electron chi connectivity index (χ2n) is 6.83. The van der Waals surface area contributed by atoms with Gasteiger partial charge >= 0.3 is 6.03 Å². The van der Waals surface area contributed by atoms with Crippen molar-refractivity contribution in [3.8, 4) is 5.75 Å². The van der Waals surface area contributed by atoms with Gasteiger partial charge in [-0.2, -0.15) is 0 Å². The van der Waals surface area contributed by atoms with E-state index in [2.05, 4.69) is 10.2 Å². The number of hydrogen-bond donors (Lipinski definition) is 2. The molecule has 1 aromatic carbocycles. The van der Waals surface area contributed by atoms with E-state index < -0.39 is 0 Å². The van der Waals surface area contributed by atoms with Gasteiger partial charge in [0.25, 0.3) is 0 Å². The molecule has 0 aromatic heterocycles. The van der Waals surface area contributed by atoms with Crippen molar-refractivity contribution in [1.29, 1.82) is 0 Å². The van der Waals surface area contributed by atoms with Crippen LogP contribution in [-0.2, 0) is 4.79 Å². The quantitative estimate of drug-likeness (QED) is 0.756. The molecule has 3 rings (SSSR count). The number of ether oxygens (including phenoxy) is 1. The zero-order valence-electron chi connectivity index (χ0n) is 15.8. The van der Waals surface area contributed by atoms with Crippen molar-refractivity contribution in [2.45, 2.75) is 19.4 Å². The lowest BCUT2D eigenvalue weighted by molar-refractivity contribution is -0.117. The second-order valence-corrected chi connectivity index (χ2v) is 6.83. The van der Waals surface area contributed by atoms with Crippen molar-refractivity contribution in [1.82, 2.24) is 15.1 Å². The number of nitrogens with one attached hydrogen (secondary N) is 1. The van der Waals surface area contributed by atoms with Gasteiger partial charge in [-0.05, 0) is 31.2 Å². The van der Waals surface area contributed by atoms with E-state index in [0.29, 0.717) is 39.2 Å². The lowest BCUT2D eigenvalue weighted by Crippen LogP contribution is -2.54. The number of carbonyl (C=O) groups is 2. The van der Waals surface area contributed by atoms with Gasteiger partial charge in [0.15, 0.2) is 0 Å². The van der Waals surface area contributed by atoms with Crippen LogP contribution in [0.25, 0.3) is 0 Å². The highest BCUT2D eigenvalue weighted by molar-refractivity contribution is 5.96. The average Bonchev–Trinajstić information content (AvgIpc) is 3.03. The zero-order chi connectivity index (χ0) is 19.2. The summed E-state index contributed by atoms with van der Waals surface area (Å²) in [4.78, 5) is 30.5. The van der Waals surface area contributed by atoms with Gasteiger partial charge in [-0.15, -0.1) is 0 Å². The molecule has 8 heteroatoms. The van der Waals surface area contributed by atoms with Crippen LogP contribution in [0.15, 0.2) is 24.3 Å². The van der Waals surface area contributed by atoms with E-state index in [1.807, 2.05) is 31.2 Å². The standard InChI is InChI=1S/C19H28N4O4/c1-2-27-17-5-3-16(4-6-17)23-14-15(13-18(23)25)20-19(26)22-9-7-21(8-10-22)11-12-24/h3-6,15,24H,2,7-14H2,1H3,(H,20,26)/t15-/m0/s1. The number of rotatable bonds is 6. The number of hydrogen-bond acceptors (Lipinski definition) is 5. The Morgan fingerprint density at radius 3 is 2.56 bits per heavy atom. The van der Waals surface area contributed by atoms with E-state index in [4.69, 9.17) is 9.84 Å². The summed E-state index contributed by atoms with van der Waals surface area (Å²) in [7, 11) is 0. The number of aliphatic hydroxyl groups is 1. The minimum atomic E-state index is -0.188. The van der Waals surface area contributed by atoms with Crippen LogP contribution >= 0.6 is 0 Å². The maximum atomic E-state index is 12.5. The molecule has 0 saturated carbocycles. The predicted molar refractivity (Wildman–Crippen MR) is 102 cm³/mol. The smallest absolute Gasteiger partial charge is 0.317 e. The van der Waals surface area contributed by atoms with Gasteiger partial charge in [0.1, 0.15) is 5.75 Å². The molecule has 2 fully saturated rings. The number of anilines is 1. The summed E-state index contributed by atoms with van der Waals surface area (Å²) in [6.45, 7) is 6.57. The van der Waals surface area contributed by atoms with Crippen LogP contribution in [-0.4, -0.2) is 85.4 Å². The molecular weight excluding hydrogens is 348 g/mol. The summed E-state index contributed by atoms with van der Waals surface area (Å²) in [6.07, 6.45) is 0.309. The van der Waals surface area contributed by atoms with Crippen LogP contribution in [0.4, 0.5) is 10.5 Å². The Labute approximate surface area is 159 Å². The van der Waals surface area contributed by atoms with Crippen molar-refractivity contribution in [2.24, 2.45) is 0 Å². The fourth-order valence-electron chi connectivity index (χ4n) is 3.52. The molecule has 0 aliphatic carbocycles. The van der Waals surface area contributed by atoms with E-state index in [1.165, 1.54) is 0 Å². The van der Waals surface area contributed by atoms with Crippen molar-refractivity contribution >= 4 is 17.6 Å². The number of urea groups is 1. The van der Waals surface area contributed by atoms with E-state index in [9.17, 15) is 9.59 Å². The van der Waals surface area contributed by atoms with Gasteiger partial charge in [0.2, 0.25) is 5.91 Å². The van der Waals surface area contributed by atoms with Gasteiger partial charge in [0, 0.05) is 51.4 Å². The Bertz CT molecular complexity index is 644. The number of aliphatic hydroxyl groups excluding tert-OH is 1. The number of carbonyl (C=O) groups excluding carboxylic acids is 2. The van der Waals surface area contributed by atoms with Crippen LogP contribution in [0.1, 0.15) is 13.3 Å². The predicted octanol–water partition coefficient (Wildman–Crippen LogP) is 0.510. The summed E-state index contributed by atoms with van der Waals surface area (Å²) in [5, 5.41) is 12.0. The van der Waals surface area contributed by atoms with E-state index in [0.717, 1.165) is 24.5 Å². The molecule has 2 heterocycles. The molecule has 3 amide bonds. The van der Waals surface area contributed by atoms with Crippen LogP contribution in [0.3, 0.4) is 0 Å². The molecular formula is C19H28N4O4. The Hall–Kier alpha value is -2.32. The maximum Gasteiger partial charge on any atom is 0.317 e. The van der Waals surface area contributed by atoms with Crippen molar-refractivity contribution in [3.63, 3.8) is 0 Å². The summed E-state index contributed by atoms with van der Waals surface area (Å²) >= 11 is 0. The second kappa shape index (κ2) is 9.05. The molecule has 1 atom stereocenters. The molecule has 1 aromatic rings. The Balaban J connectivity index is 1.51. The molecule has 2 aliphatic heterocycles. The van der Waals surface area contributed by atoms with Gasteiger partial charge in [-0.3, -0.25) is 9.69 Å². The van der Waals surface area contributed by atoms with Crippen LogP contribution < -0.4 is 15.0 Å². The fraction of sp³-hybridized carbons (Fsp3) is 0.579. The molecule has 2 saturated heterocycles. The van der Waals surface area contributed by atoms with E-state index in [1.54, 1.807) is 9.80 Å². The average molecular weight is 376 g/mol. The SMILES string of the molecule is CCOc1ccc(N2C[C@@H](NC(=O)N3CCN(CCO)CC3)CC2=O)cc1. The molecule has 2 aliphatic rings. The first-order chi connectivity index (χ1) is 13.1. The minimum absolute atomic E-state index is 0.0113. The summed E-state index contributed by atoms with van der Waals surface area (Å²) in [5.41, 5.74) is 0.817. The van der Waals surface area contributed by atoms with Gasteiger partial charge < -0.3 is 25.0 Å². The molecule has 0 unspecified atom stereocenters. The first-order valence-electron chi connectivity index (χ1n) is 9.52. The van der Waals surface area contributed by atoms with Crippen LogP contribution in [0, 0.1) is 0 Å². The van der Waals surface area contributed by atoms with Crippen molar-refractivity contribution < 1.29 is 19.4 Å². The third-order valence-electron chi connectivity index (χ3n) is 4.99. The molecule has 27 heavy (non-hydrogen) atoms. The highest BCUT2D eigenvalue weighted by Crippen LogP contribution is 2.24. The summed E-state index contributed by atoms with van der Waals surface area (Å²) in [5.74, 6) is 0.787. The third kappa shape index (κ3) is 4.90. The van der Waals surface area contributed by atoms with Crippen LogP contribution in [0.5, 0.6) is 5.75 Å². The Morgan fingerprint density at radius 1 is 1.22 bits per heavy atom. The Kier molecular flexibility index (Phi) is 6.52. The lowest BCUT2D eigenvalue weighted by atomic mass is 10.2. The van der Waals surface area contributed by atoms with E-state index >= 15 is 0 Å². The topological polar surface area (TPSA) is 85.3 Å². The molecule has 0 bridgehead atoms. The first kappa shape index (κ1) is 19.4. The molecule has 0 radical (unpaired) electrons. The van der Waals surface area contributed by atoms with Gasteiger partial charge in [-0.25, -0.2) is 4.79 Å². The Morgan fingerprint density at radius 2 is 1.93 bits per heavy atom. The zero-order valence-corrected chi connectivity index (χ0v) is 15.8. The van der Waals surface area contributed by atoms with Crippen molar-refractivity contribution in [2.75, 3.05) is 57.4 Å². The number of nitrogens with zero attached hydrogens (tertiary/aromatic N) is 3. The highest BCUT2D eigenvalue weighted by atomic mass is 16.5. The summed E-state index contributed by atoms with van der Waals surface area (Å²) < 4.78 is 5.43. The van der Waals surface area contributed by atoms with E-state index in [-0.39, 0.29) is 24.6 Å². The van der Waals surface area contributed by atoms with Gasteiger partial charge in [0.05, 0.1) is 19.3 Å². The van der Waals surface area contributed by atoms with Gasteiger partial charge in [-0.1, -0.05) is 0 Å². The third-order valence-corrected chi connectivity index (χ3v) is 4.99. The molecule has 8 nitrogen and oxygen atoms in total. The minimum Gasteiger partial charge on any atom is -0.494 e. The summed E-state index contributed by atoms with van der Waals surface area (Å²) in [6, 6.07) is 7.13. The lowest BCUT2D eigenvalue weighted by Gasteiger charge is -2.34. The van der Waals surface area contributed by atoms with Crippen LogP contribution in [0.2, 0.25) is 0 Å². The first-order valence-corrected chi connectivity index (χ1v) is 9.52. The fourth-order valence-corrected chi connectivity index (χ4v) is 3.52. The largest absolute Gasteiger partial charge is 0.494 e. The van der Waals surface area contributed by atoms with Crippen molar-refractivity contribution in [3.05, 3.63) is 24.3 Å². The normalized spacial score (nSPS) is 20.8. The number of β-amino-alcohol motifs (C(OH)–C–C–N with tert-alkyl or cyclic N) is 1. The molecule has 148 valence electrons. The highest BCUT2D eigenvalue weighted by Gasteiger charge is 2.33.